The molecule has 0 saturated carbocycles. The molecule has 0 bridgehead atoms. The van der Waals surface area contributed by atoms with Gasteiger partial charge in [0.1, 0.15) is 4.83 Å². The van der Waals surface area contributed by atoms with E-state index in [1.807, 2.05) is 41.8 Å². The zero-order chi connectivity index (χ0) is 23.7. The fourth-order valence-electron chi connectivity index (χ4n) is 3.98. The van der Waals surface area contributed by atoms with Crippen LogP contribution >= 0.6 is 23.1 Å². The van der Waals surface area contributed by atoms with Crippen molar-refractivity contribution in [2.45, 2.75) is 44.5 Å². The van der Waals surface area contributed by atoms with Crippen LogP contribution in [0.4, 0.5) is 11.4 Å². The number of nitrogen functional groups attached to an aromatic ring is 1. The van der Waals surface area contributed by atoms with E-state index in [0.717, 1.165) is 45.8 Å². The number of anilines is 2. The summed E-state index contributed by atoms with van der Waals surface area (Å²) < 4.78 is 7.91. The molecule has 176 valence electrons. The first kappa shape index (κ1) is 22.8. The van der Waals surface area contributed by atoms with E-state index in [2.05, 4.69) is 27.4 Å². The van der Waals surface area contributed by atoms with E-state index in [9.17, 15) is 4.79 Å². The van der Waals surface area contributed by atoms with Gasteiger partial charge >= 0.3 is 0 Å². The van der Waals surface area contributed by atoms with Crippen LogP contribution in [0.5, 0.6) is 0 Å². The Bertz CT molecular complexity index is 1340. The lowest BCUT2D eigenvalue weighted by Gasteiger charge is -2.14. The quantitative estimate of drug-likeness (QED) is 0.360. The topological polar surface area (TPSA) is 108 Å². The van der Waals surface area contributed by atoms with Gasteiger partial charge in [-0.2, -0.15) is 0 Å². The highest BCUT2D eigenvalue weighted by Crippen LogP contribution is 2.40. The van der Waals surface area contributed by atoms with Crippen molar-refractivity contribution in [3.05, 3.63) is 47.7 Å². The van der Waals surface area contributed by atoms with Gasteiger partial charge in [-0.05, 0) is 62.1 Å². The Kier molecular flexibility index (Phi) is 6.53. The van der Waals surface area contributed by atoms with Gasteiger partial charge in [-0.3, -0.25) is 9.36 Å². The minimum absolute atomic E-state index is 0.0900. The summed E-state index contributed by atoms with van der Waals surface area (Å²) in [7, 11) is 0. The third-order valence-electron chi connectivity index (χ3n) is 5.96. The van der Waals surface area contributed by atoms with Gasteiger partial charge in [-0.25, -0.2) is 4.98 Å². The molecule has 8 nitrogen and oxygen atoms in total. The molecule has 1 aliphatic heterocycles. The molecule has 10 heteroatoms. The fraction of sp³-hybridized carbons (Fsp3) is 0.333. The molecule has 4 heterocycles. The normalized spacial score (nSPS) is 15.8. The number of carbonyl (C=O) groups is 1. The molecule has 1 fully saturated rings. The summed E-state index contributed by atoms with van der Waals surface area (Å²) in [6.07, 6.45) is 3.87. The van der Waals surface area contributed by atoms with Crippen molar-refractivity contribution in [2.75, 3.05) is 23.4 Å². The van der Waals surface area contributed by atoms with Gasteiger partial charge in [0, 0.05) is 23.9 Å². The van der Waals surface area contributed by atoms with E-state index in [0.29, 0.717) is 23.2 Å². The molecule has 3 aromatic heterocycles. The van der Waals surface area contributed by atoms with Crippen molar-refractivity contribution in [3.8, 4) is 10.7 Å². The number of nitrogens with one attached hydrogen (secondary N) is 1. The summed E-state index contributed by atoms with van der Waals surface area (Å²) >= 11 is 2.87. The summed E-state index contributed by atoms with van der Waals surface area (Å²) in [4.78, 5) is 18.8. The number of fused-ring (bicyclic) bond motifs is 1. The standard InChI is InChI=1S/C24H26N6O2S2/c1-14-7-8-16(11-15(14)2)27-19(31)13-33-24-29-28-22(30(24)12-17-5-4-10-32-17)21-20(25)18-6-3-9-26-23(18)34-21/h3,6-9,11,17H,4-5,10,12-13,25H2,1-2H3,(H,27,31). The number of hydrogen-bond donors (Lipinski definition) is 2. The number of thiophene rings is 1. The molecule has 0 radical (unpaired) electrons. The van der Waals surface area contributed by atoms with Gasteiger partial charge in [0.25, 0.3) is 0 Å². The third kappa shape index (κ3) is 4.66. The Morgan fingerprint density at radius 2 is 2.18 bits per heavy atom. The second-order valence-electron chi connectivity index (χ2n) is 8.39. The number of carbonyl (C=O) groups excluding carboxylic acids is 1. The first-order chi connectivity index (χ1) is 16.5. The number of nitrogens with zero attached hydrogens (tertiary/aromatic N) is 4. The molecule has 1 aliphatic rings. The number of rotatable bonds is 7. The maximum Gasteiger partial charge on any atom is 0.234 e. The summed E-state index contributed by atoms with van der Waals surface area (Å²) in [5.41, 5.74) is 10.3. The average molecular weight is 495 g/mol. The molecule has 1 saturated heterocycles. The summed E-state index contributed by atoms with van der Waals surface area (Å²) in [6, 6.07) is 9.75. The van der Waals surface area contributed by atoms with E-state index < -0.39 is 0 Å². The highest BCUT2D eigenvalue weighted by atomic mass is 32.2. The van der Waals surface area contributed by atoms with E-state index in [4.69, 9.17) is 10.5 Å². The largest absolute Gasteiger partial charge is 0.397 e. The summed E-state index contributed by atoms with van der Waals surface area (Å²) in [5, 5.41) is 13.5. The second kappa shape index (κ2) is 9.73. The Hall–Kier alpha value is -2.95. The molecule has 0 aliphatic carbocycles. The fourth-order valence-corrected chi connectivity index (χ4v) is 5.79. The minimum Gasteiger partial charge on any atom is -0.397 e. The Morgan fingerprint density at radius 1 is 1.29 bits per heavy atom. The first-order valence-corrected chi connectivity index (χ1v) is 13.0. The van der Waals surface area contributed by atoms with Gasteiger partial charge in [-0.1, -0.05) is 17.8 Å². The van der Waals surface area contributed by atoms with Crippen LogP contribution in [0.15, 0.2) is 41.7 Å². The SMILES string of the molecule is Cc1ccc(NC(=O)CSc2nnc(-c3sc4ncccc4c3N)n2CC2CCCO2)cc1C. The van der Waals surface area contributed by atoms with Crippen LogP contribution in [0, 0.1) is 13.8 Å². The van der Waals surface area contributed by atoms with Crippen molar-refractivity contribution < 1.29 is 9.53 Å². The van der Waals surface area contributed by atoms with Gasteiger partial charge < -0.3 is 15.8 Å². The van der Waals surface area contributed by atoms with Crippen LogP contribution in [0.25, 0.3) is 20.9 Å². The van der Waals surface area contributed by atoms with Gasteiger partial charge in [0.2, 0.25) is 5.91 Å². The number of aryl methyl sites for hydroxylation is 2. The number of ether oxygens (including phenoxy) is 1. The predicted octanol–water partition coefficient (Wildman–Crippen LogP) is 4.66. The molecular weight excluding hydrogens is 468 g/mol. The molecule has 3 N–H and O–H groups in total. The first-order valence-electron chi connectivity index (χ1n) is 11.2. The maximum atomic E-state index is 12.6. The molecule has 1 atom stereocenters. The highest BCUT2D eigenvalue weighted by Gasteiger charge is 2.25. The number of amides is 1. The van der Waals surface area contributed by atoms with Gasteiger partial charge in [0.05, 0.1) is 29.0 Å². The van der Waals surface area contributed by atoms with E-state index in [1.54, 1.807) is 6.20 Å². The zero-order valence-corrected chi connectivity index (χ0v) is 20.7. The molecule has 4 aromatic rings. The molecule has 1 amide bonds. The van der Waals surface area contributed by atoms with Gasteiger partial charge in [-0.15, -0.1) is 21.5 Å². The summed E-state index contributed by atoms with van der Waals surface area (Å²) in [5.74, 6) is 0.820. The third-order valence-corrected chi connectivity index (χ3v) is 8.05. The van der Waals surface area contributed by atoms with Crippen molar-refractivity contribution in [1.82, 2.24) is 19.7 Å². The Balaban J connectivity index is 1.39. The maximum absolute atomic E-state index is 12.6. The lowest BCUT2D eigenvalue weighted by atomic mass is 10.1. The Morgan fingerprint density at radius 3 is 2.94 bits per heavy atom. The number of hydrogen-bond acceptors (Lipinski definition) is 8. The smallest absolute Gasteiger partial charge is 0.234 e. The highest BCUT2D eigenvalue weighted by molar-refractivity contribution is 7.99. The van der Waals surface area contributed by atoms with Crippen LogP contribution in [0.1, 0.15) is 24.0 Å². The van der Waals surface area contributed by atoms with Crippen molar-refractivity contribution in [1.29, 1.82) is 0 Å². The number of aromatic nitrogens is 4. The zero-order valence-electron chi connectivity index (χ0n) is 19.1. The van der Waals surface area contributed by atoms with Crippen LogP contribution in [0.2, 0.25) is 0 Å². The van der Waals surface area contributed by atoms with Crippen molar-refractivity contribution in [2.24, 2.45) is 0 Å². The molecule has 1 unspecified atom stereocenters. The van der Waals surface area contributed by atoms with Crippen LogP contribution in [-0.4, -0.2) is 44.1 Å². The number of pyridine rings is 1. The van der Waals surface area contributed by atoms with Crippen LogP contribution in [-0.2, 0) is 16.1 Å². The lowest BCUT2D eigenvalue weighted by molar-refractivity contribution is -0.113. The average Bonchev–Trinajstić information content (AvgIpc) is 3.55. The lowest BCUT2D eigenvalue weighted by Crippen LogP contribution is -2.18. The number of nitrogens with two attached hydrogens (primary N) is 1. The molecule has 5 rings (SSSR count). The van der Waals surface area contributed by atoms with E-state index in [1.165, 1.54) is 28.7 Å². The molecular formula is C24H26N6O2S2. The predicted molar refractivity (Wildman–Crippen MR) is 137 cm³/mol. The Labute approximate surface area is 205 Å². The monoisotopic (exact) mass is 494 g/mol. The molecule has 34 heavy (non-hydrogen) atoms. The molecule has 1 aromatic carbocycles. The molecule has 0 spiro atoms. The van der Waals surface area contributed by atoms with E-state index >= 15 is 0 Å². The van der Waals surface area contributed by atoms with E-state index in [-0.39, 0.29) is 17.8 Å². The summed E-state index contributed by atoms with van der Waals surface area (Å²) in [6.45, 7) is 5.46. The van der Waals surface area contributed by atoms with Crippen molar-refractivity contribution in [3.63, 3.8) is 0 Å². The second-order valence-corrected chi connectivity index (χ2v) is 10.3. The van der Waals surface area contributed by atoms with Gasteiger partial charge in [0.15, 0.2) is 11.0 Å². The number of benzene rings is 1. The minimum atomic E-state index is -0.0907. The number of thioether (sulfide) groups is 1. The van der Waals surface area contributed by atoms with Crippen molar-refractivity contribution >= 4 is 50.6 Å². The van der Waals surface area contributed by atoms with Crippen LogP contribution in [0.3, 0.4) is 0 Å². The van der Waals surface area contributed by atoms with Crippen LogP contribution < -0.4 is 11.1 Å².